The molecule has 0 spiro atoms. The summed E-state index contributed by atoms with van der Waals surface area (Å²) in [7, 11) is 1.70. The summed E-state index contributed by atoms with van der Waals surface area (Å²) >= 11 is 0. The lowest BCUT2D eigenvalue weighted by molar-refractivity contribution is 0.416. The molecule has 0 fully saturated rings. The first kappa shape index (κ1) is 13.5. The molecule has 0 bridgehead atoms. The highest BCUT2D eigenvalue weighted by molar-refractivity contribution is 5.58. The van der Waals surface area contributed by atoms with Gasteiger partial charge in [0.2, 0.25) is 0 Å². The van der Waals surface area contributed by atoms with Gasteiger partial charge in [-0.05, 0) is 55.2 Å². The summed E-state index contributed by atoms with van der Waals surface area (Å²) in [4.78, 5) is 0. The van der Waals surface area contributed by atoms with Crippen LogP contribution in [0.5, 0.6) is 5.75 Å². The van der Waals surface area contributed by atoms with Crippen LogP contribution >= 0.6 is 0 Å². The molecule has 0 saturated heterocycles. The Morgan fingerprint density at radius 1 is 1.05 bits per heavy atom. The Morgan fingerprint density at radius 2 is 1.84 bits per heavy atom. The number of ether oxygens (including phenoxy) is 1. The molecule has 0 heterocycles. The van der Waals surface area contributed by atoms with Crippen LogP contribution in [0.2, 0.25) is 0 Å². The van der Waals surface area contributed by atoms with Gasteiger partial charge in [0.25, 0.3) is 0 Å². The molecular formula is C17H21NO. The summed E-state index contributed by atoms with van der Waals surface area (Å²) in [6, 6.07) is 12.6. The third kappa shape index (κ3) is 3.08. The van der Waals surface area contributed by atoms with Gasteiger partial charge in [-0.25, -0.2) is 0 Å². The fourth-order valence-electron chi connectivity index (χ4n) is 2.15. The average molecular weight is 255 g/mol. The Kier molecular flexibility index (Phi) is 4.10. The van der Waals surface area contributed by atoms with Crippen molar-refractivity contribution in [3.8, 4) is 5.75 Å². The van der Waals surface area contributed by atoms with E-state index in [0.717, 1.165) is 18.0 Å². The minimum absolute atomic E-state index is 0.813. The van der Waals surface area contributed by atoms with Gasteiger partial charge in [-0.2, -0.15) is 0 Å². The van der Waals surface area contributed by atoms with E-state index in [-0.39, 0.29) is 0 Å². The first-order valence-corrected chi connectivity index (χ1v) is 6.55. The molecular weight excluding hydrogens is 234 g/mol. The van der Waals surface area contributed by atoms with Crippen LogP contribution in [0.25, 0.3) is 0 Å². The van der Waals surface area contributed by atoms with Crippen molar-refractivity contribution in [2.24, 2.45) is 0 Å². The summed E-state index contributed by atoms with van der Waals surface area (Å²) in [5, 5.41) is 3.46. The number of hydrogen-bond donors (Lipinski definition) is 1. The molecule has 0 aliphatic carbocycles. The minimum Gasteiger partial charge on any atom is -0.495 e. The largest absolute Gasteiger partial charge is 0.495 e. The van der Waals surface area contributed by atoms with E-state index in [9.17, 15) is 0 Å². The van der Waals surface area contributed by atoms with Crippen molar-refractivity contribution in [1.29, 1.82) is 0 Å². The predicted octanol–water partition coefficient (Wildman–Crippen LogP) is 4.23. The summed E-state index contributed by atoms with van der Waals surface area (Å²) in [5.74, 6) is 0.885. The fraction of sp³-hybridized carbons (Fsp3) is 0.294. The summed E-state index contributed by atoms with van der Waals surface area (Å²) < 4.78 is 5.38. The Labute approximate surface area is 115 Å². The molecule has 0 amide bonds. The number of aryl methyl sites for hydroxylation is 2. The minimum atomic E-state index is 0.813. The third-order valence-corrected chi connectivity index (χ3v) is 3.54. The second-order valence-electron chi connectivity index (χ2n) is 4.92. The van der Waals surface area contributed by atoms with E-state index in [1.54, 1.807) is 7.11 Å². The zero-order valence-corrected chi connectivity index (χ0v) is 12.1. The quantitative estimate of drug-likeness (QED) is 0.882. The number of rotatable bonds is 4. The second kappa shape index (κ2) is 5.79. The number of benzene rings is 2. The first-order chi connectivity index (χ1) is 9.11. The highest BCUT2D eigenvalue weighted by Crippen LogP contribution is 2.26. The van der Waals surface area contributed by atoms with Gasteiger partial charge in [0.05, 0.1) is 12.8 Å². The predicted molar refractivity (Wildman–Crippen MR) is 81.0 cm³/mol. The zero-order valence-electron chi connectivity index (χ0n) is 12.1. The Hall–Kier alpha value is -1.96. The topological polar surface area (TPSA) is 21.3 Å². The van der Waals surface area contributed by atoms with E-state index in [4.69, 9.17) is 4.74 Å². The van der Waals surface area contributed by atoms with Crippen molar-refractivity contribution < 1.29 is 4.74 Å². The molecule has 0 atom stereocenters. The van der Waals surface area contributed by atoms with Gasteiger partial charge < -0.3 is 10.1 Å². The molecule has 0 unspecified atom stereocenters. The first-order valence-electron chi connectivity index (χ1n) is 6.55. The van der Waals surface area contributed by atoms with E-state index >= 15 is 0 Å². The summed E-state index contributed by atoms with van der Waals surface area (Å²) in [5.41, 5.74) is 6.27. The van der Waals surface area contributed by atoms with Crippen molar-refractivity contribution in [2.75, 3.05) is 12.4 Å². The van der Waals surface area contributed by atoms with E-state index in [1.165, 1.54) is 22.3 Å². The Bertz CT molecular complexity index is 575. The third-order valence-electron chi connectivity index (χ3n) is 3.54. The molecule has 100 valence electrons. The van der Waals surface area contributed by atoms with E-state index in [1.807, 2.05) is 6.07 Å². The number of anilines is 1. The number of nitrogens with one attached hydrogen (secondary N) is 1. The van der Waals surface area contributed by atoms with Crippen LogP contribution < -0.4 is 10.1 Å². The molecule has 0 saturated carbocycles. The van der Waals surface area contributed by atoms with Crippen LogP contribution in [0.15, 0.2) is 36.4 Å². The van der Waals surface area contributed by atoms with Crippen LogP contribution in [-0.4, -0.2) is 7.11 Å². The molecule has 2 nitrogen and oxygen atoms in total. The molecule has 2 rings (SSSR count). The lowest BCUT2D eigenvalue weighted by Crippen LogP contribution is -2.04. The summed E-state index contributed by atoms with van der Waals surface area (Å²) in [6.07, 6.45) is 0. The van der Waals surface area contributed by atoms with Crippen LogP contribution in [0, 0.1) is 20.8 Å². The van der Waals surface area contributed by atoms with E-state index in [0.29, 0.717) is 0 Å². The normalized spacial score (nSPS) is 10.3. The molecule has 2 aromatic rings. The molecule has 0 aromatic heterocycles. The van der Waals surface area contributed by atoms with E-state index < -0.39 is 0 Å². The van der Waals surface area contributed by atoms with Gasteiger partial charge in [0.15, 0.2) is 0 Å². The molecule has 2 aromatic carbocycles. The lowest BCUT2D eigenvalue weighted by Gasteiger charge is -2.14. The Morgan fingerprint density at radius 3 is 2.58 bits per heavy atom. The number of hydrogen-bond acceptors (Lipinski definition) is 2. The fourth-order valence-corrected chi connectivity index (χ4v) is 2.15. The van der Waals surface area contributed by atoms with Crippen molar-refractivity contribution in [1.82, 2.24) is 0 Å². The lowest BCUT2D eigenvalue weighted by atomic mass is 10.0. The van der Waals surface area contributed by atoms with Crippen LogP contribution in [0.4, 0.5) is 5.69 Å². The standard InChI is InChI=1S/C17H21NO/c1-12-8-9-17(19-4)16(10-12)18-11-15-7-5-6-13(2)14(15)3/h5-10,18H,11H2,1-4H3. The highest BCUT2D eigenvalue weighted by Gasteiger charge is 2.04. The average Bonchev–Trinajstić information content (AvgIpc) is 2.40. The maximum atomic E-state index is 5.38. The molecule has 1 N–H and O–H groups in total. The van der Waals surface area contributed by atoms with Crippen LogP contribution in [0.1, 0.15) is 22.3 Å². The molecule has 19 heavy (non-hydrogen) atoms. The van der Waals surface area contributed by atoms with E-state index in [2.05, 4.69) is 56.4 Å². The van der Waals surface area contributed by atoms with Gasteiger partial charge in [0.1, 0.15) is 5.75 Å². The monoisotopic (exact) mass is 255 g/mol. The molecule has 2 heteroatoms. The maximum absolute atomic E-state index is 5.38. The SMILES string of the molecule is COc1ccc(C)cc1NCc1cccc(C)c1C. The van der Waals surface area contributed by atoms with Gasteiger partial charge in [-0.1, -0.05) is 24.3 Å². The molecule has 0 aliphatic heterocycles. The van der Waals surface area contributed by atoms with Crippen molar-refractivity contribution in [2.45, 2.75) is 27.3 Å². The summed E-state index contributed by atoms with van der Waals surface area (Å²) in [6.45, 7) is 7.21. The smallest absolute Gasteiger partial charge is 0.141 e. The van der Waals surface area contributed by atoms with Gasteiger partial charge >= 0.3 is 0 Å². The van der Waals surface area contributed by atoms with Crippen LogP contribution in [-0.2, 0) is 6.54 Å². The Balaban J connectivity index is 2.18. The molecule has 0 aliphatic rings. The van der Waals surface area contributed by atoms with Gasteiger partial charge in [-0.3, -0.25) is 0 Å². The van der Waals surface area contributed by atoms with Gasteiger partial charge in [0, 0.05) is 6.54 Å². The zero-order chi connectivity index (χ0) is 13.8. The molecule has 0 radical (unpaired) electrons. The van der Waals surface area contributed by atoms with Crippen molar-refractivity contribution in [3.05, 3.63) is 58.7 Å². The second-order valence-corrected chi connectivity index (χ2v) is 4.92. The highest BCUT2D eigenvalue weighted by atomic mass is 16.5. The van der Waals surface area contributed by atoms with Gasteiger partial charge in [-0.15, -0.1) is 0 Å². The van der Waals surface area contributed by atoms with Crippen molar-refractivity contribution in [3.63, 3.8) is 0 Å². The number of methoxy groups -OCH3 is 1. The van der Waals surface area contributed by atoms with Crippen LogP contribution in [0.3, 0.4) is 0 Å². The van der Waals surface area contributed by atoms with Crippen molar-refractivity contribution >= 4 is 5.69 Å². The maximum Gasteiger partial charge on any atom is 0.141 e.